The number of hydrogen-bond acceptors (Lipinski definition) is 4. The molecular weight excluding hydrogens is 347 g/mol. The predicted molar refractivity (Wildman–Crippen MR) is 89.5 cm³/mol. The SMILES string of the molecule is CC(C)(C)OC(=O)CC(=O)c1cccc(-c2ccnc(C(F)(F)F)c2)c1. The summed E-state index contributed by atoms with van der Waals surface area (Å²) in [5.41, 5.74) is -0.795. The summed E-state index contributed by atoms with van der Waals surface area (Å²) in [5.74, 6) is -1.12. The van der Waals surface area contributed by atoms with E-state index in [0.29, 0.717) is 5.56 Å². The van der Waals surface area contributed by atoms with E-state index in [1.165, 1.54) is 18.2 Å². The lowest BCUT2D eigenvalue weighted by Gasteiger charge is -2.19. The molecule has 1 heterocycles. The van der Waals surface area contributed by atoms with Crippen LogP contribution in [0, 0.1) is 0 Å². The topological polar surface area (TPSA) is 56.3 Å². The molecular formula is C19H18F3NO3. The first kappa shape index (κ1) is 19.6. The van der Waals surface area contributed by atoms with E-state index < -0.39 is 35.6 Å². The summed E-state index contributed by atoms with van der Waals surface area (Å²) in [5, 5.41) is 0. The zero-order valence-corrected chi connectivity index (χ0v) is 14.6. The summed E-state index contributed by atoms with van der Waals surface area (Å²) in [6, 6.07) is 8.42. The molecule has 0 unspecified atom stereocenters. The van der Waals surface area contributed by atoms with Gasteiger partial charge in [-0.15, -0.1) is 0 Å². The molecule has 2 rings (SSSR count). The number of carbonyl (C=O) groups excluding carboxylic acids is 2. The third kappa shape index (κ3) is 5.40. The highest BCUT2D eigenvalue weighted by Gasteiger charge is 2.32. The first-order valence-electron chi connectivity index (χ1n) is 7.84. The number of benzene rings is 1. The van der Waals surface area contributed by atoms with Gasteiger partial charge in [-0.1, -0.05) is 18.2 Å². The lowest BCUT2D eigenvalue weighted by atomic mass is 10.0. The summed E-state index contributed by atoms with van der Waals surface area (Å²) in [7, 11) is 0. The Kier molecular flexibility index (Phi) is 5.49. The van der Waals surface area contributed by atoms with Crippen LogP contribution >= 0.6 is 0 Å². The van der Waals surface area contributed by atoms with Gasteiger partial charge in [0, 0.05) is 11.8 Å². The number of alkyl halides is 3. The lowest BCUT2D eigenvalue weighted by Crippen LogP contribution is -2.25. The van der Waals surface area contributed by atoms with Gasteiger partial charge in [0.05, 0.1) is 0 Å². The van der Waals surface area contributed by atoms with Crippen LogP contribution in [-0.4, -0.2) is 22.3 Å². The van der Waals surface area contributed by atoms with E-state index in [1.807, 2.05) is 0 Å². The summed E-state index contributed by atoms with van der Waals surface area (Å²) in [6.07, 6.45) is -3.93. The molecule has 4 nitrogen and oxygen atoms in total. The maximum Gasteiger partial charge on any atom is 0.433 e. The van der Waals surface area contributed by atoms with E-state index >= 15 is 0 Å². The van der Waals surface area contributed by atoms with Crippen molar-refractivity contribution in [1.29, 1.82) is 0 Å². The minimum Gasteiger partial charge on any atom is -0.460 e. The van der Waals surface area contributed by atoms with Crippen molar-refractivity contribution < 1.29 is 27.5 Å². The van der Waals surface area contributed by atoms with Crippen LogP contribution in [0.4, 0.5) is 13.2 Å². The highest BCUT2D eigenvalue weighted by molar-refractivity contribution is 6.06. The van der Waals surface area contributed by atoms with Crippen LogP contribution in [0.2, 0.25) is 0 Å². The quantitative estimate of drug-likeness (QED) is 0.448. The molecule has 0 radical (unpaired) electrons. The third-order valence-corrected chi connectivity index (χ3v) is 3.29. The number of aromatic nitrogens is 1. The molecule has 0 fully saturated rings. The van der Waals surface area contributed by atoms with Crippen molar-refractivity contribution in [3.05, 3.63) is 53.9 Å². The molecule has 0 aliphatic rings. The summed E-state index contributed by atoms with van der Waals surface area (Å²) < 4.78 is 43.5. The average Bonchev–Trinajstić information content (AvgIpc) is 2.52. The second-order valence-electron chi connectivity index (χ2n) is 6.69. The van der Waals surface area contributed by atoms with Gasteiger partial charge in [-0.25, -0.2) is 0 Å². The van der Waals surface area contributed by atoms with Crippen LogP contribution in [0.25, 0.3) is 11.1 Å². The first-order chi connectivity index (χ1) is 12.0. The Morgan fingerprint density at radius 1 is 1.04 bits per heavy atom. The van der Waals surface area contributed by atoms with Crippen molar-refractivity contribution in [2.75, 3.05) is 0 Å². The van der Waals surface area contributed by atoms with Crippen LogP contribution in [-0.2, 0) is 15.7 Å². The van der Waals surface area contributed by atoms with Gasteiger partial charge in [0.25, 0.3) is 0 Å². The number of esters is 1. The summed E-state index contributed by atoms with van der Waals surface area (Å²) >= 11 is 0. The Labute approximate surface area is 149 Å². The molecule has 138 valence electrons. The van der Waals surface area contributed by atoms with Gasteiger partial charge < -0.3 is 4.74 Å². The standard InChI is InChI=1S/C19H18F3NO3/c1-18(2,3)26-17(25)11-15(24)14-6-4-5-12(9-14)13-7-8-23-16(10-13)19(20,21)22/h4-10H,11H2,1-3H3. The summed E-state index contributed by atoms with van der Waals surface area (Å²) in [6.45, 7) is 5.08. The molecule has 1 aromatic carbocycles. The number of carbonyl (C=O) groups is 2. The number of hydrogen-bond donors (Lipinski definition) is 0. The first-order valence-corrected chi connectivity index (χ1v) is 7.84. The van der Waals surface area contributed by atoms with Gasteiger partial charge in [0.1, 0.15) is 17.7 Å². The molecule has 0 N–H and O–H groups in total. The Hall–Kier alpha value is -2.70. The monoisotopic (exact) mass is 365 g/mol. The van der Waals surface area contributed by atoms with Crippen LogP contribution in [0.15, 0.2) is 42.6 Å². The van der Waals surface area contributed by atoms with Gasteiger partial charge in [-0.2, -0.15) is 13.2 Å². The fourth-order valence-corrected chi connectivity index (χ4v) is 2.25. The summed E-state index contributed by atoms with van der Waals surface area (Å²) in [4.78, 5) is 27.3. The Balaban J connectivity index is 2.23. The molecule has 0 saturated heterocycles. The maximum atomic E-state index is 12.8. The third-order valence-electron chi connectivity index (χ3n) is 3.29. The molecule has 0 amide bonds. The number of ether oxygens (including phenoxy) is 1. The molecule has 0 atom stereocenters. The van der Waals surface area contributed by atoms with E-state index in [4.69, 9.17) is 4.74 Å². The fraction of sp³-hybridized carbons (Fsp3) is 0.316. The minimum absolute atomic E-state index is 0.221. The highest BCUT2D eigenvalue weighted by atomic mass is 19.4. The molecule has 2 aromatic rings. The van der Waals surface area contributed by atoms with Crippen molar-refractivity contribution in [3.8, 4) is 11.1 Å². The van der Waals surface area contributed by atoms with E-state index in [9.17, 15) is 22.8 Å². The predicted octanol–water partition coefficient (Wildman–Crippen LogP) is 4.68. The van der Waals surface area contributed by atoms with E-state index in [0.717, 1.165) is 12.3 Å². The van der Waals surface area contributed by atoms with E-state index in [1.54, 1.807) is 32.9 Å². The number of nitrogens with zero attached hydrogens (tertiary/aromatic N) is 1. The van der Waals surface area contributed by atoms with Gasteiger partial charge in [0.2, 0.25) is 0 Å². The molecule has 0 bridgehead atoms. The van der Waals surface area contributed by atoms with Gasteiger partial charge >= 0.3 is 12.1 Å². The highest BCUT2D eigenvalue weighted by Crippen LogP contribution is 2.30. The molecule has 0 saturated carbocycles. The molecule has 26 heavy (non-hydrogen) atoms. The molecule has 0 spiro atoms. The van der Waals surface area contributed by atoms with Crippen molar-refractivity contribution in [1.82, 2.24) is 4.98 Å². The van der Waals surface area contributed by atoms with Crippen LogP contribution in [0.1, 0.15) is 43.2 Å². The smallest absolute Gasteiger partial charge is 0.433 e. The Morgan fingerprint density at radius 2 is 1.69 bits per heavy atom. The average molecular weight is 365 g/mol. The zero-order valence-electron chi connectivity index (χ0n) is 14.6. The second-order valence-corrected chi connectivity index (χ2v) is 6.69. The van der Waals surface area contributed by atoms with Gasteiger partial charge in [-0.3, -0.25) is 14.6 Å². The number of ketones is 1. The Bertz CT molecular complexity index is 823. The minimum atomic E-state index is -4.56. The molecule has 0 aliphatic carbocycles. The van der Waals surface area contributed by atoms with Crippen molar-refractivity contribution in [2.24, 2.45) is 0 Å². The Morgan fingerprint density at radius 3 is 2.31 bits per heavy atom. The second kappa shape index (κ2) is 7.27. The van der Waals surface area contributed by atoms with Crippen molar-refractivity contribution in [3.63, 3.8) is 0 Å². The van der Waals surface area contributed by atoms with Crippen LogP contribution < -0.4 is 0 Å². The molecule has 1 aromatic heterocycles. The van der Waals surface area contributed by atoms with Crippen LogP contribution in [0.3, 0.4) is 0 Å². The number of halogens is 3. The molecule has 0 aliphatic heterocycles. The van der Waals surface area contributed by atoms with Crippen molar-refractivity contribution >= 4 is 11.8 Å². The van der Waals surface area contributed by atoms with E-state index in [2.05, 4.69) is 4.98 Å². The van der Waals surface area contributed by atoms with Gasteiger partial charge in [0.15, 0.2) is 5.78 Å². The van der Waals surface area contributed by atoms with E-state index in [-0.39, 0.29) is 11.1 Å². The number of Topliss-reactive ketones (excluding diaryl/α,β-unsaturated/α-hetero) is 1. The normalized spacial score (nSPS) is 11.9. The number of rotatable bonds is 4. The largest absolute Gasteiger partial charge is 0.460 e. The van der Waals surface area contributed by atoms with Gasteiger partial charge in [-0.05, 0) is 50.1 Å². The maximum absolute atomic E-state index is 12.8. The zero-order chi connectivity index (χ0) is 19.5. The van der Waals surface area contributed by atoms with Crippen molar-refractivity contribution in [2.45, 2.75) is 39.0 Å². The number of pyridine rings is 1. The fourth-order valence-electron chi connectivity index (χ4n) is 2.25. The van der Waals surface area contributed by atoms with Crippen LogP contribution in [0.5, 0.6) is 0 Å². The molecule has 7 heteroatoms. The lowest BCUT2D eigenvalue weighted by molar-refractivity contribution is -0.153.